The minimum Gasteiger partial charge on any atom is -0.469 e. The van der Waals surface area contributed by atoms with E-state index in [2.05, 4.69) is 15.9 Å². The van der Waals surface area contributed by atoms with Crippen LogP contribution in [0.2, 0.25) is 0 Å². The third-order valence-corrected chi connectivity index (χ3v) is 3.30. The van der Waals surface area contributed by atoms with Crippen LogP contribution in [0.3, 0.4) is 0 Å². The van der Waals surface area contributed by atoms with Crippen LogP contribution in [0.1, 0.15) is 21.7 Å². The molecule has 0 saturated heterocycles. The van der Waals surface area contributed by atoms with Gasteiger partial charge in [-0.1, -0.05) is 22.0 Å². The van der Waals surface area contributed by atoms with Crippen LogP contribution in [0.4, 0.5) is 8.78 Å². The van der Waals surface area contributed by atoms with E-state index in [0.717, 1.165) is 17.4 Å². The lowest BCUT2D eigenvalue weighted by Gasteiger charge is -2.08. The number of alkyl halides is 1. The summed E-state index contributed by atoms with van der Waals surface area (Å²) < 4.78 is 31.4. The highest BCUT2D eigenvalue weighted by molar-refractivity contribution is 9.09. The normalized spacial score (nSPS) is 12.8. The Labute approximate surface area is 100 Å². The van der Waals surface area contributed by atoms with E-state index in [1.165, 1.54) is 12.1 Å². The standard InChI is InChI=1S/C12H9BrF2O/c1-7-4-8(6-16-7)12(13)10-3-2-9(14)5-11(10)15/h2-6,12H,1H3. The molecule has 1 heterocycles. The van der Waals surface area contributed by atoms with Crippen LogP contribution in [-0.4, -0.2) is 0 Å². The van der Waals surface area contributed by atoms with Crippen molar-refractivity contribution in [1.82, 2.24) is 0 Å². The fourth-order valence-electron chi connectivity index (χ4n) is 1.48. The number of furan rings is 1. The summed E-state index contributed by atoms with van der Waals surface area (Å²) in [5.41, 5.74) is 1.20. The Bertz CT molecular complexity index is 507. The van der Waals surface area contributed by atoms with Crippen molar-refractivity contribution in [2.24, 2.45) is 0 Å². The Balaban J connectivity index is 2.37. The smallest absolute Gasteiger partial charge is 0.130 e. The highest BCUT2D eigenvalue weighted by Crippen LogP contribution is 2.33. The van der Waals surface area contributed by atoms with Crippen LogP contribution in [0, 0.1) is 18.6 Å². The fourth-order valence-corrected chi connectivity index (χ4v) is 2.09. The topological polar surface area (TPSA) is 13.1 Å². The molecule has 0 amide bonds. The van der Waals surface area contributed by atoms with Crippen LogP contribution in [0.25, 0.3) is 0 Å². The van der Waals surface area contributed by atoms with Crippen LogP contribution in [0.15, 0.2) is 34.9 Å². The molecule has 0 aliphatic heterocycles. The molecule has 1 nitrogen and oxygen atoms in total. The maximum atomic E-state index is 13.5. The molecule has 1 unspecified atom stereocenters. The molecule has 0 N–H and O–H groups in total. The van der Waals surface area contributed by atoms with Gasteiger partial charge in [0.05, 0.1) is 11.1 Å². The van der Waals surface area contributed by atoms with Crippen molar-refractivity contribution >= 4 is 15.9 Å². The molecule has 2 aromatic rings. The summed E-state index contributed by atoms with van der Waals surface area (Å²) in [6, 6.07) is 5.34. The first kappa shape index (κ1) is 11.3. The van der Waals surface area contributed by atoms with Crippen molar-refractivity contribution in [2.75, 3.05) is 0 Å². The number of hydrogen-bond donors (Lipinski definition) is 0. The lowest BCUT2D eigenvalue weighted by Crippen LogP contribution is -1.95. The van der Waals surface area contributed by atoms with Crippen molar-refractivity contribution in [1.29, 1.82) is 0 Å². The van der Waals surface area contributed by atoms with Gasteiger partial charge in [0.25, 0.3) is 0 Å². The predicted molar refractivity (Wildman–Crippen MR) is 60.6 cm³/mol. The Morgan fingerprint density at radius 1 is 1.25 bits per heavy atom. The fraction of sp³-hybridized carbons (Fsp3) is 0.167. The molecule has 0 radical (unpaired) electrons. The molecule has 0 spiro atoms. The van der Waals surface area contributed by atoms with Crippen molar-refractivity contribution in [3.63, 3.8) is 0 Å². The first-order valence-corrected chi connectivity index (χ1v) is 5.63. The zero-order valence-electron chi connectivity index (χ0n) is 8.51. The van der Waals surface area contributed by atoms with Crippen LogP contribution >= 0.6 is 15.9 Å². The second-order valence-corrected chi connectivity index (χ2v) is 4.43. The van der Waals surface area contributed by atoms with Gasteiger partial charge in [-0.15, -0.1) is 0 Å². The molecule has 2 rings (SSSR count). The second kappa shape index (κ2) is 4.37. The van der Waals surface area contributed by atoms with Gasteiger partial charge >= 0.3 is 0 Å². The van der Waals surface area contributed by atoms with Crippen molar-refractivity contribution < 1.29 is 13.2 Å². The molecule has 16 heavy (non-hydrogen) atoms. The molecule has 0 saturated carbocycles. The largest absolute Gasteiger partial charge is 0.469 e. The molecule has 0 aliphatic carbocycles. The highest BCUT2D eigenvalue weighted by Gasteiger charge is 2.16. The lowest BCUT2D eigenvalue weighted by molar-refractivity contribution is 0.531. The number of hydrogen-bond acceptors (Lipinski definition) is 1. The molecular formula is C12H9BrF2O. The number of aryl methyl sites for hydroxylation is 1. The molecule has 1 aromatic heterocycles. The van der Waals surface area contributed by atoms with E-state index in [-0.39, 0.29) is 4.83 Å². The molecule has 4 heteroatoms. The molecule has 84 valence electrons. The SMILES string of the molecule is Cc1cc(C(Br)c2ccc(F)cc2F)co1. The first-order chi connectivity index (χ1) is 7.58. The maximum Gasteiger partial charge on any atom is 0.130 e. The summed E-state index contributed by atoms with van der Waals surface area (Å²) in [5, 5.41) is 0. The van der Waals surface area contributed by atoms with Crippen LogP contribution in [-0.2, 0) is 0 Å². The first-order valence-electron chi connectivity index (χ1n) is 4.72. The molecule has 0 aliphatic rings. The summed E-state index contributed by atoms with van der Waals surface area (Å²) in [6.07, 6.45) is 1.55. The zero-order valence-corrected chi connectivity index (χ0v) is 10.1. The molecular weight excluding hydrogens is 278 g/mol. The summed E-state index contributed by atoms with van der Waals surface area (Å²) in [5.74, 6) is -0.396. The number of benzene rings is 1. The van der Waals surface area contributed by atoms with Gasteiger partial charge in [0, 0.05) is 17.2 Å². The van der Waals surface area contributed by atoms with E-state index in [1.807, 2.05) is 13.0 Å². The predicted octanol–water partition coefficient (Wildman–Crippen LogP) is 4.35. The minimum absolute atomic E-state index is 0.328. The van der Waals surface area contributed by atoms with Crippen molar-refractivity contribution in [3.05, 3.63) is 59.1 Å². The van der Waals surface area contributed by atoms with Crippen molar-refractivity contribution in [3.8, 4) is 0 Å². The average molecular weight is 287 g/mol. The van der Waals surface area contributed by atoms with Crippen molar-refractivity contribution in [2.45, 2.75) is 11.8 Å². The van der Waals surface area contributed by atoms with E-state index in [0.29, 0.717) is 5.56 Å². The van der Waals surface area contributed by atoms with E-state index in [9.17, 15) is 8.78 Å². The Hall–Kier alpha value is -1.16. The third kappa shape index (κ3) is 2.16. The van der Waals surface area contributed by atoms with E-state index in [1.54, 1.807) is 6.26 Å². The summed E-state index contributed by atoms with van der Waals surface area (Å²) in [7, 11) is 0. The van der Waals surface area contributed by atoms with E-state index >= 15 is 0 Å². The summed E-state index contributed by atoms with van der Waals surface area (Å²) >= 11 is 3.36. The molecule has 0 bridgehead atoms. The van der Waals surface area contributed by atoms with Gasteiger partial charge in [-0.05, 0) is 19.1 Å². The van der Waals surface area contributed by atoms with Gasteiger partial charge in [-0.3, -0.25) is 0 Å². The van der Waals surface area contributed by atoms with Gasteiger partial charge in [0.1, 0.15) is 17.4 Å². The number of halogens is 3. The number of rotatable bonds is 2. The minimum atomic E-state index is -0.579. The third-order valence-electron chi connectivity index (χ3n) is 2.28. The Morgan fingerprint density at radius 2 is 2.00 bits per heavy atom. The highest BCUT2D eigenvalue weighted by atomic mass is 79.9. The van der Waals surface area contributed by atoms with E-state index in [4.69, 9.17) is 4.42 Å². The monoisotopic (exact) mass is 286 g/mol. The zero-order chi connectivity index (χ0) is 11.7. The molecule has 1 aromatic carbocycles. The van der Waals surface area contributed by atoms with E-state index < -0.39 is 11.6 Å². The summed E-state index contributed by atoms with van der Waals surface area (Å²) in [4.78, 5) is -0.328. The quantitative estimate of drug-likeness (QED) is 0.748. The lowest BCUT2D eigenvalue weighted by atomic mass is 10.1. The Morgan fingerprint density at radius 3 is 2.56 bits per heavy atom. The average Bonchev–Trinajstić information content (AvgIpc) is 2.64. The van der Waals surface area contributed by atoms with Crippen LogP contribution < -0.4 is 0 Å². The van der Waals surface area contributed by atoms with Gasteiger partial charge in [0.2, 0.25) is 0 Å². The van der Waals surface area contributed by atoms with Gasteiger partial charge in [0.15, 0.2) is 0 Å². The van der Waals surface area contributed by atoms with Gasteiger partial charge in [-0.25, -0.2) is 8.78 Å². The van der Waals surface area contributed by atoms with Gasteiger partial charge < -0.3 is 4.42 Å². The maximum absolute atomic E-state index is 13.5. The second-order valence-electron chi connectivity index (χ2n) is 3.52. The molecule has 0 fully saturated rings. The summed E-state index contributed by atoms with van der Waals surface area (Å²) in [6.45, 7) is 1.81. The van der Waals surface area contributed by atoms with Crippen LogP contribution in [0.5, 0.6) is 0 Å². The van der Waals surface area contributed by atoms with Gasteiger partial charge in [-0.2, -0.15) is 0 Å². The molecule has 1 atom stereocenters. The Kier molecular flexibility index (Phi) is 3.10.